The van der Waals surface area contributed by atoms with Crippen LogP contribution in [0.1, 0.15) is 31.2 Å². The third-order valence-corrected chi connectivity index (χ3v) is 3.66. The van der Waals surface area contributed by atoms with E-state index in [1.54, 1.807) is 0 Å². The predicted octanol–water partition coefficient (Wildman–Crippen LogP) is 2.10. The summed E-state index contributed by atoms with van der Waals surface area (Å²) in [6, 6.07) is 3.42. The molecule has 2 rings (SSSR count). The maximum absolute atomic E-state index is 13.4. The second-order valence-electron chi connectivity index (χ2n) is 5.07. The van der Waals surface area contributed by atoms with Gasteiger partial charge in [0.2, 0.25) is 5.91 Å². The number of benzene rings is 1. The molecule has 2 atom stereocenters. The van der Waals surface area contributed by atoms with Crippen molar-refractivity contribution in [3.05, 3.63) is 35.4 Å². The molecule has 3 nitrogen and oxygen atoms in total. The monoisotopic (exact) mass is 268 g/mol. The molecule has 1 amide bonds. The van der Waals surface area contributed by atoms with Gasteiger partial charge in [0.15, 0.2) is 0 Å². The highest BCUT2D eigenvalue weighted by molar-refractivity contribution is 5.76. The third-order valence-electron chi connectivity index (χ3n) is 3.66. The average molecular weight is 268 g/mol. The van der Waals surface area contributed by atoms with Crippen LogP contribution in [0.5, 0.6) is 0 Å². The van der Waals surface area contributed by atoms with Crippen molar-refractivity contribution in [1.29, 1.82) is 0 Å². The number of hydrogen-bond donors (Lipinski definition) is 2. The second kappa shape index (κ2) is 6.10. The van der Waals surface area contributed by atoms with Crippen LogP contribution in [0, 0.1) is 17.6 Å². The van der Waals surface area contributed by atoms with E-state index in [4.69, 9.17) is 5.73 Å². The van der Waals surface area contributed by atoms with Gasteiger partial charge in [-0.15, -0.1) is 0 Å². The lowest BCUT2D eigenvalue weighted by Crippen LogP contribution is -2.31. The minimum Gasteiger partial charge on any atom is -0.352 e. The van der Waals surface area contributed by atoms with Crippen molar-refractivity contribution >= 4 is 5.91 Å². The number of halogens is 2. The van der Waals surface area contributed by atoms with Gasteiger partial charge in [-0.25, -0.2) is 8.78 Å². The number of nitrogens with one attached hydrogen (secondary N) is 1. The van der Waals surface area contributed by atoms with Crippen molar-refractivity contribution in [1.82, 2.24) is 5.32 Å². The Morgan fingerprint density at radius 1 is 1.37 bits per heavy atom. The van der Waals surface area contributed by atoms with Gasteiger partial charge in [0, 0.05) is 30.6 Å². The summed E-state index contributed by atoms with van der Waals surface area (Å²) >= 11 is 0. The standard InChI is InChI=1S/C14H18F2N2O/c15-11-5-4-10(12(16)7-11)8-18-14(19)6-9-2-1-3-13(9)17/h4-5,7,9,13H,1-3,6,8,17H2,(H,18,19)/t9-,13+/m0/s1. The van der Waals surface area contributed by atoms with E-state index < -0.39 is 11.6 Å². The summed E-state index contributed by atoms with van der Waals surface area (Å²) in [5, 5.41) is 2.65. The Kier molecular flexibility index (Phi) is 4.47. The molecule has 0 radical (unpaired) electrons. The number of nitrogens with two attached hydrogens (primary N) is 1. The number of carbonyl (C=O) groups excluding carboxylic acids is 1. The maximum Gasteiger partial charge on any atom is 0.220 e. The van der Waals surface area contributed by atoms with Crippen LogP contribution in [-0.2, 0) is 11.3 Å². The molecule has 1 aliphatic carbocycles. The fourth-order valence-electron chi connectivity index (χ4n) is 2.49. The fraction of sp³-hybridized carbons (Fsp3) is 0.500. The van der Waals surface area contributed by atoms with Gasteiger partial charge >= 0.3 is 0 Å². The van der Waals surface area contributed by atoms with Crippen molar-refractivity contribution in [2.45, 2.75) is 38.3 Å². The lowest BCUT2D eigenvalue weighted by Gasteiger charge is -2.14. The first-order chi connectivity index (χ1) is 9.06. The first-order valence-corrected chi connectivity index (χ1v) is 6.52. The van der Waals surface area contributed by atoms with E-state index in [9.17, 15) is 13.6 Å². The Morgan fingerprint density at radius 2 is 2.16 bits per heavy atom. The molecule has 0 saturated heterocycles. The summed E-state index contributed by atoms with van der Waals surface area (Å²) in [5.41, 5.74) is 6.18. The molecule has 1 aliphatic rings. The third kappa shape index (κ3) is 3.73. The Hall–Kier alpha value is -1.49. The zero-order valence-corrected chi connectivity index (χ0v) is 10.7. The molecule has 0 unspecified atom stereocenters. The Morgan fingerprint density at radius 3 is 2.79 bits per heavy atom. The molecule has 3 N–H and O–H groups in total. The van der Waals surface area contributed by atoms with Gasteiger partial charge in [0.25, 0.3) is 0 Å². The summed E-state index contributed by atoms with van der Waals surface area (Å²) in [7, 11) is 0. The first kappa shape index (κ1) is 13.9. The van der Waals surface area contributed by atoms with Gasteiger partial charge in [-0.2, -0.15) is 0 Å². The van der Waals surface area contributed by atoms with Crippen LogP contribution in [0.4, 0.5) is 8.78 Å². The largest absolute Gasteiger partial charge is 0.352 e. The van der Waals surface area contributed by atoms with Gasteiger partial charge < -0.3 is 11.1 Å². The van der Waals surface area contributed by atoms with E-state index in [0.29, 0.717) is 6.42 Å². The van der Waals surface area contributed by atoms with Crippen LogP contribution < -0.4 is 11.1 Å². The summed E-state index contributed by atoms with van der Waals surface area (Å²) < 4.78 is 26.1. The molecule has 0 aliphatic heterocycles. The quantitative estimate of drug-likeness (QED) is 0.878. The maximum atomic E-state index is 13.4. The van der Waals surface area contributed by atoms with E-state index >= 15 is 0 Å². The summed E-state index contributed by atoms with van der Waals surface area (Å²) in [4.78, 5) is 11.7. The van der Waals surface area contributed by atoms with E-state index in [1.807, 2.05) is 0 Å². The van der Waals surface area contributed by atoms with E-state index in [-0.39, 0.29) is 30.0 Å². The Bertz CT molecular complexity index is 465. The highest BCUT2D eigenvalue weighted by Crippen LogP contribution is 2.26. The molecule has 5 heteroatoms. The van der Waals surface area contributed by atoms with Gasteiger partial charge in [-0.1, -0.05) is 12.5 Å². The molecule has 1 fully saturated rings. The molecule has 1 saturated carbocycles. The SMILES string of the molecule is N[C@@H]1CCC[C@H]1CC(=O)NCc1ccc(F)cc1F. The molecular weight excluding hydrogens is 250 g/mol. The second-order valence-corrected chi connectivity index (χ2v) is 5.07. The topological polar surface area (TPSA) is 55.1 Å². The van der Waals surface area contributed by atoms with Crippen LogP contribution in [0.25, 0.3) is 0 Å². The van der Waals surface area contributed by atoms with Crippen molar-refractivity contribution < 1.29 is 13.6 Å². The highest BCUT2D eigenvalue weighted by Gasteiger charge is 2.25. The van der Waals surface area contributed by atoms with Gasteiger partial charge in [0.05, 0.1) is 0 Å². The van der Waals surface area contributed by atoms with E-state index in [0.717, 1.165) is 25.3 Å². The molecule has 0 aromatic heterocycles. The lowest BCUT2D eigenvalue weighted by molar-refractivity contribution is -0.122. The van der Waals surface area contributed by atoms with Crippen LogP contribution in [0.2, 0.25) is 0 Å². The number of carbonyl (C=O) groups is 1. The predicted molar refractivity (Wildman–Crippen MR) is 68.1 cm³/mol. The van der Waals surface area contributed by atoms with Gasteiger partial charge in [0.1, 0.15) is 11.6 Å². The lowest BCUT2D eigenvalue weighted by atomic mass is 10.00. The summed E-state index contributed by atoms with van der Waals surface area (Å²) in [6.07, 6.45) is 3.37. The van der Waals surface area contributed by atoms with E-state index in [1.165, 1.54) is 12.1 Å². The first-order valence-electron chi connectivity index (χ1n) is 6.52. The molecule has 0 bridgehead atoms. The zero-order valence-electron chi connectivity index (χ0n) is 10.7. The van der Waals surface area contributed by atoms with E-state index in [2.05, 4.69) is 5.32 Å². The Labute approximate surface area is 111 Å². The molecular formula is C14H18F2N2O. The summed E-state index contributed by atoms with van der Waals surface area (Å²) in [5.74, 6) is -1.17. The smallest absolute Gasteiger partial charge is 0.220 e. The minimum absolute atomic E-state index is 0.0763. The van der Waals surface area contributed by atoms with Gasteiger partial charge in [-0.3, -0.25) is 4.79 Å². The molecule has 19 heavy (non-hydrogen) atoms. The van der Waals surface area contributed by atoms with Crippen LogP contribution in [-0.4, -0.2) is 11.9 Å². The highest BCUT2D eigenvalue weighted by atomic mass is 19.1. The molecule has 0 heterocycles. The molecule has 0 spiro atoms. The van der Waals surface area contributed by atoms with Gasteiger partial charge in [-0.05, 0) is 24.8 Å². The Balaban J connectivity index is 1.83. The molecule has 1 aromatic rings. The number of rotatable bonds is 4. The van der Waals surface area contributed by atoms with Crippen molar-refractivity contribution in [2.24, 2.45) is 11.7 Å². The normalized spacial score (nSPS) is 22.5. The average Bonchev–Trinajstić information content (AvgIpc) is 2.74. The van der Waals surface area contributed by atoms with Crippen LogP contribution >= 0.6 is 0 Å². The van der Waals surface area contributed by atoms with Crippen LogP contribution in [0.15, 0.2) is 18.2 Å². The minimum atomic E-state index is -0.641. The molecule has 1 aromatic carbocycles. The fourth-order valence-corrected chi connectivity index (χ4v) is 2.49. The number of hydrogen-bond acceptors (Lipinski definition) is 2. The zero-order chi connectivity index (χ0) is 13.8. The van der Waals surface area contributed by atoms with Crippen molar-refractivity contribution in [3.8, 4) is 0 Å². The summed E-state index contributed by atoms with van der Waals surface area (Å²) in [6.45, 7) is 0.0763. The molecule has 104 valence electrons. The van der Waals surface area contributed by atoms with Crippen molar-refractivity contribution in [2.75, 3.05) is 0 Å². The number of amides is 1. The van der Waals surface area contributed by atoms with Crippen LogP contribution in [0.3, 0.4) is 0 Å². The van der Waals surface area contributed by atoms with Crippen molar-refractivity contribution in [3.63, 3.8) is 0 Å².